The highest BCUT2D eigenvalue weighted by molar-refractivity contribution is 5.77. The van der Waals surface area contributed by atoms with E-state index in [0.29, 0.717) is 19.7 Å². The van der Waals surface area contributed by atoms with E-state index < -0.39 is 0 Å². The molecule has 1 saturated heterocycles. The van der Waals surface area contributed by atoms with Crippen LogP contribution < -0.4 is 10.1 Å². The maximum absolute atomic E-state index is 11.7. The minimum atomic E-state index is 0.118. The van der Waals surface area contributed by atoms with Crippen molar-refractivity contribution in [2.24, 2.45) is 0 Å². The smallest absolute Gasteiger partial charge is 0.234 e. The van der Waals surface area contributed by atoms with E-state index in [1.54, 1.807) is 6.20 Å². The predicted molar refractivity (Wildman–Crippen MR) is 105 cm³/mol. The number of rotatable bonds is 8. The number of piperazine rings is 1. The fourth-order valence-corrected chi connectivity index (χ4v) is 3.15. The molecule has 1 aliphatic rings. The van der Waals surface area contributed by atoms with Gasteiger partial charge in [0.2, 0.25) is 5.91 Å². The quantitative estimate of drug-likeness (QED) is 0.771. The topological polar surface area (TPSA) is 57.7 Å². The Kier molecular flexibility index (Phi) is 7.19. The van der Waals surface area contributed by atoms with Crippen LogP contribution in [0.15, 0.2) is 48.7 Å². The summed E-state index contributed by atoms with van der Waals surface area (Å²) in [6.45, 7) is 8.39. The van der Waals surface area contributed by atoms with Crippen LogP contribution in [0.25, 0.3) is 0 Å². The second kappa shape index (κ2) is 10.0. The van der Waals surface area contributed by atoms with Crippen LogP contribution in [0.1, 0.15) is 18.2 Å². The minimum absolute atomic E-state index is 0.118. The van der Waals surface area contributed by atoms with Crippen molar-refractivity contribution in [1.82, 2.24) is 20.1 Å². The van der Waals surface area contributed by atoms with Crippen LogP contribution in [0.3, 0.4) is 0 Å². The first-order valence-electron chi connectivity index (χ1n) is 9.56. The first-order valence-corrected chi connectivity index (χ1v) is 9.56. The average Bonchev–Trinajstić information content (AvgIpc) is 2.70. The standard InChI is InChI=1S/C21H28N4O2/c1-2-22-21(26)16-25-13-11-24(12-14-25)15-18-6-8-20(9-7-18)27-17-19-5-3-4-10-23-19/h3-10H,2,11-17H2,1H3,(H,22,26). The summed E-state index contributed by atoms with van der Waals surface area (Å²) in [5.41, 5.74) is 2.20. The fourth-order valence-electron chi connectivity index (χ4n) is 3.15. The highest BCUT2D eigenvalue weighted by Gasteiger charge is 2.18. The van der Waals surface area contributed by atoms with Gasteiger partial charge in [-0.15, -0.1) is 0 Å². The number of hydrogen-bond donors (Lipinski definition) is 1. The summed E-state index contributed by atoms with van der Waals surface area (Å²) in [6.07, 6.45) is 1.78. The van der Waals surface area contributed by atoms with Crippen LogP contribution in [0.5, 0.6) is 5.75 Å². The Morgan fingerprint density at radius 1 is 1.07 bits per heavy atom. The van der Waals surface area contributed by atoms with Gasteiger partial charge in [0.15, 0.2) is 0 Å². The molecular weight excluding hydrogens is 340 g/mol. The molecule has 1 amide bonds. The van der Waals surface area contributed by atoms with Crippen molar-refractivity contribution < 1.29 is 9.53 Å². The number of hydrogen-bond acceptors (Lipinski definition) is 5. The number of amides is 1. The van der Waals surface area contributed by atoms with E-state index in [-0.39, 0.29) is 5.91 Å². The first-order chi connectivity index (χ1) is 13.2. The van der Waals surface area contributed by atoms with Crippen molar-refractivity contribution in [3.8, 4) is 5.75 Å². The molecule has 0 saturated carbocycles. The molecule has 2 aromatic rings. The third-order valence-corrected chi connectivity index (χ3v) is 4.65. The molecule has 1 aliphatic heterocycles. The molecule has 2 heterocycles. The summed E-state index contributed by atoms with van der Waals surface area (Å²) in [5, 5.41) is 2.86. The molecule has 0 bridgehead atoms. The average molecular weight is 368 g/mol. The van der Waals surface area contributed by atoms with Gasteiger partial charge in [0, 0.05) is 45.5 Å². The molecule has 0 radical (unpaired) electrons. The van der Waals surface area contributed by atoms with Crippen molar-refractivity contribution in [3.05, 3.63) is 59.9 Å². The Balaban J connectivity index is 1.40. The highest BCUT2D eigenvalue weighted by Crippen LogP contribution is 2.16. The van der Waals surface area contributed by atoms with Gasteiger partial charge >= 0.3 is 0 Å². The molecule has 1 aromatic carbocycles. The molecule has 1 aromatic heterocycles. The van der Waals surface area contributed by atoms with Crippen LogP contribution in [0.2, 0.25) is 0 Å². The van der Waals surface area contributed by atoms with Gasteiger partial charge in [-0.25, -0.2) is 0 Å². The van der Waals surface area contributed by atoms with Crippen molar-refractivity contribution in [1.29, 1.82) is 0 Å². The molecule has 0 unspecified atom stereocenters. The zero-order chi connectivity index (χ0) is 18.9. The van der Waals surface area contributed by atoms with Crippen LogP contribution in [0, 0.1) is 0 Å². The second-order valence-electron chi connectivity index (χ2n) is 6.76. The summed E-state index contributed by atoms with van der Waals surface area (Å²) >= 11 is 0. The Bertz CT molecular complexity index is 698. The van der Waals surface area contributed by atoms with Gasteiger partial charge in [-0.3, -0.25) is 19.6 Å². The molecule has 3 rings (SSSR count). The SMILES string of the molecule is CCNC(=O)CN1CCN(Cc2ccc(OCc3ccccn3)cc2)CC1. The van der Waals surface area contributed by atoms with E-state index in [4.69, 9.17) is 4.74 Å². The molecule has 0 spiro atoms. The van der Waals surface area contributed by atoms with Gasteiger partial charge in [0.25, 0.3) is 0 Å². The number of nitrogens with zero attached hydrogens (tertiary/aromatic N) is 3. The number of pyridine rings is 1. The Morgan fingerprint density at radius 2 is 1.81 bits per heavy atom. The number of likely N-dealkylation sites (N-methyl/N-ethyl adjacent to an activating group) is 1. The van der Waals surface area contributed by atoms with Gasteiger partial charge in [-0.2, -0.15) is 0 Å². The van der Waals surface area contributed by atoms with Gasteiger partial charge in [0.1, 0.15) is 12.4 Å². The van der Waals surface area contributed by atoms with Gasteiger partial charge < -0.3 is 10.1 Å². The molecule has 1 N–H and O–H groups in total. The monoisotopic (exact) mass is 368 g/mol. The van der Waals surface area contributed by atoms with Crippen molar-refractivity contribution in [3.63, 3.8) is 0 Å². The van der Waals surface area contributed by atoms with Crippen LogP contribution in [-0.4, -0.2) is 60.0 Å². The zero-order valence-electron chi connectivity index (χ0n) is 15.9. The van der Waals surface area contributed by atoms with E-state index in [9.17, 15) is 4.79 Å². The number of nitrogens with one attached hydrogen (secondary N) is 1. The number of carbonyl (C=O) groups excluding carboxylic acids is 1. The number of aromatic nitrogens is 1. The van der Waals surface area contributed by atoms with E-state index in [1.807, 2.05) is 37.3 Å². The molecule has 6 heteroatoms. The van der Waals surface area contributed by atoms with Crippen LogP contribution >= 0.6 is 0 Å². The number of benzene rings is 1. The van der Waals surface area contributed by atoms with E-state index >= 15 is 0 Å². The predicted octanol–water partition coefficient (Wildman–Crippen LogP) is 1.91. The highest BCUT2D eigenvalue weighted by atomic mass is 16.5. The normalized spacial score (nSPS) is 15.4. The Hall–Kier alpha value is -2.44. The summed E-state index contributed by atoms with van der Waals surface area (Å²) in [6, 6.07) is 14.1. The number of ether oxygens (including phenoxy) is 1. The lowest BCUT2D eigenvalue weighted by molar-refractivity contribution is -0.122. The second-order valence-corrected chi connectivity index (χ2v) is 6.76. The summed E-state index contributed by atoms with van der Waals surface area (Å²) < 4.78 is 5.79. The van der Waals surface area contributed by atoms with Gasteiger partial charge in [-0.1, -0.05) is 18.2 Å². The van der Waals surface area contributed by atoms with E-state index in [1.165, 1.54) is 5.56 Å². The van der Waals surface area contributed by atoms with Crippen molar-refractivity contribution in [2.45, 2.75) is 20.1 Å². The van der Waals surface area contributed by atoms with Crippen molar-refractivity contribution >= 4 is 5.91 Å². The zero-order valence-corrected chi connectivity index (χ0v) is 15.9. The lowest BCUT2D eigenvalue weighted by Gasteiger charge is -2.34. The molecule has 0 aliphatic carbocycles. The Labute approximate surface area is 161 Å². The molecule has 6 nitrogen and oxygen atoms in total. The van der Waals surface area contributed by atoms with Crippen LogP contribution in [0.4, 0.5) is 0 Å². The lowest BCUT2D eigenvalue weighted by atomic mass is 10.2. The summed E-state index contributed by atoms with van der Waals surface area (Å²) in [5.74, 6) is 0.975. The van der Waals surface area contributed by atoms with Crippen LogP contribution in [-0.2, 0) is 17.9 Å². The first kappa shape index (κ1) is 19.3. The van der Waals surface area contributed by atoms with E-state index in [0.717, 1.165) is 44.2 Å². The maximum atomic E-state index is 11.7. The maximum Gasteiger partial charge on any atom is 0.234 e. The van der Waals surface area contributed by atoms with Gasteiger partial charge in [-0.05, 0) is 36.8 Å². The molecule has 144 valence electrons. The minimum Gasteiger partial charge on any atom is -0.487 e. The van der Waals surface area contributed by atoms with Gasteiger partial charge in [0.05, 0.1) is 12.2 Å². The lowest BCUT2D eigenvalue weighted by Crippen LogP contribution is -2.49. The molecule has 0 atom stereocenters. The van der Waals surface area contributed by atoms with Crippen molar-refractivity contribution in [2.75, 3.05) is 39.3 Å². The largest absolute Gasteiger partial charge is 0.487 e. The summed E-state index contributed by atoms with van der Waals surface area (Å²) in [7, 11) is 0. The molecule has 1 fully saturated rings. The third kappa shape index (κ3) is 6.34. The molecule has 27 heavy (non-hydrogen) atoms. The third-order valence-electron chi connectivity index (χ3n) is 4.65. The Morgan fingerprint density at radius 3 is 2.48 bits per heavy atom. The summed E-state index contributed by atoms with van der Waals surface area (Å²) in [4.78, 5) is 20.6. The molecular formula is C21H28N4O2. The number of carbonyl (C=O) groups is 1. The fraction of sp³-hybridized carbons (Fsp3) is 0.429. The van der Waals surface area contributed by atoms with E-state index in [2.05, 4.69) is 32.2 Å².